The minimum absolute atomic E-state index is 0.00391. The van der Waals surface area contributed by atoms with E-state index < -0.39 is 36.3 Å². The van der Waals surface area contributed by atoms with E-state index >= 15 is 0 Å². The quantitative estimate of drug-likeness (QED) is 0.455. The summed E-state index contributed by atoms with van der Waals surface area (Å²) in [5.74, 6) is -2.69. The van der Waals surface area contributed by atoms with E-state index in [1.54, 1.807) is 12.1 Å². The highest BCUT2D eigenvalue weighted by molar-refractivity contribution is 5.86. The molecule has 3 rings (SSSR count). The van der Waals surface area contributed by atoms with Crippen molar-refractivity contribution in [2.24, 2.45) is 11.7 Å². The molecule has 170 valence electrons. The average Bonchev–Trinajstić information content (AvgIpc) is 2.83. The molecule has 0 saturated carbocycles. The van der Waals surface area contributed by atoms with Gasteiger partial charge in [-0.25, -0.2) is 4.79 Å². The number of esters is 2. The van der Waals surface area contributed by atoms with Gasteiger partial charge in [-0.1, -0.05) is 91.0 Å². The van der Waals surface area contributed by atoms with E-state index in [-0.39, 0.29) is 6.61 Å². The lowest BCUT2D eigenvalue weighted by Crippen LogP contribution is -2.36. The number of hydrogen-bond acceptors (Lipinski definition) is 5. The van der Waals surface area contributed by atoms with Crippen LogP contribution in [0.4, 0.5) is 0 Å². The minimum atomic E-state index is -1.40. The second-order valence-corrected chi connectivity index (χ2v) is 7.77. The summed E-state index contributed by atoms with van der Waals surface area (Å²) in [5.41, 5.74) is 8.01. The molecule has 0 aliphatic heterocycles. The van der Waals surface area contributed by atoms with Crippen LogP contribution in [0, 0.1) is 5.92 Å². The monoisotopic (exact) mass is 445 g/mol. The van der Waals surface area contributed by atoms with Gasteiger partial charge in [0.05, 0.1) is 12.3 Å². The Labute approximate surface area is 193 Å². The van der Waals surface area contributed by atoms with Crippen LogP contribution in [0.1, 0.15) is 23.1 Å². The Hall–Kier alpha value is -3.93. The lowest BCUT2D eigenvalue weighted by Gasteiger charge is -2.21. The molecule has 2 N–H and O–H groups in total. The van der Waals surface area contributed by atoms with E-state index in [1.165, 1.54) is 0 Å². The molecular weight excluding hydrogens is 418 g/mol. The van der Waals surface area contributed by atoms with Crippen LogP contribution in [0.3, 0.4) is 0 Å². The van der Waals surface area contributed by atoms with Crippen LogP contribution in [0.15, 0.2) is 91.0 Å². The number of nitrogens with two attached hydrogens (primary N) is 1. The van der Waals surface area contributed by atoms with Gasteiger partial charge in [0.1, 0.15) is 6.61 Å². The molecule has 0 aliphatic rings. The number of benzene rings is 3. The van der Waals surface area contributed by atoms with Gasteiger partial charge in [-0.3, -0.25) is 9.59 Å². The molecule has 0 spiro atoms. The van der Waals surface area contributed by atoms with Crippen LogP contribution in [0.5, 0.6) is 0 Å². The number of amides is 1. The van der Waals surface area contributed by atoms with Crippen molar-refractivity contribution in [2.45, 2.75) is 32.0 Å². The van der Waals surface area contributed by atoms with Gasteiger partial charge in [0, 0.05) is 0 Å². The third-order valence-electron chi connectivity index (χ3n) is 5.11. The van der Waals surface area contributed by atoms with E-state index in [1.807, 2.05) is 78.9 Å². The van der Waals surface area contributed by atoms with E-state index in [4.69, 9.17) is 15.2 Å². The van der Waals surface area contributed by atoms with Crippen molar-refractivity contribution in [2.75, 3.05) is 0 Å². The van der Waals surface area contributed by atoms with Crippen molar-refractivity contribution >= 4 is 17.8 Å². The first-order valence-corrected chi connectivity index (χ1v) is 10.8. The standard InChI is InChI=1S/C27H27NO5/c28-25(29)18-24(27(31)32-19-22-14-8-3-9-15-22)33-26(30)23(16-20-10-4-1-5-11-20)17-21-12-6-2-7-13-21/h1-15,23-24H,16-19H2,(H2,28,29)/t24-/m0/s1. The van der Waals surface area contributed by atoms with Crippen molar-refractivity contribution in [3.63, 3.8) is 0 Å². The van der Waals surface area contributed by atoms with E-state index in [0.29, 0.717) is 12.8 Å². The van der Waals surface area contributed by atoms with Crippen LogP contribution in [-0.2, 0) is 43.3 Å². The van der Waals surface area contributed by atoms with Crippen LogP contribution in [-0.4, -0.2) is 23.9 Å². The predicted molar refractivity (Wildman–Crippen MR) is 124 cm³/mol. The Kier molecular flexibility index (Phi) is 8.77. The van der Waals surface area contributed by atoms with Gasteiger partial charge < -0.3 is 15.2 Å². The van der Waals surface area contributed by atoms with Gasteiger partial charge in [-0.05, 0) is 29.5 Å². The summed E-state index contributed by atoms with van der Waals surface area (Å²) in [7, 11) is 0. The molecular formula is C27H27NO5. The average molecular weight is 446 g/mol. The molecule has 0 heterocycles. The zero-order valence-electron chi connectivity index (χ0n) is 18.3. The van der Waals surface area contributed by atoms with Crippen molar-refractivity contribution in [3.05, 3.63) is 108 Å². The number of carbonyl (C=O) groups is 3. The molecule has 0 saturated heterocycles. The third-order valence-corrected chi connectivity index (χ3v) is 5.11. The highest BCUT2D eigenvalue weighted by Gasteiger charge is 2.30. The van der Waals surface area contributed by atoms with Crippen LogP contribution in [0.25, 0.3) is 0 Å². The van der Waals surface area contributed by atoms with E-state index in [2.05, 4.69) is 0 Å². The Morgan fingerprint density at radius 1 is 0.667 bits per heavy atom. The number of primary amides is 1. The molecule has 6 nitrogen and oxygen atoms in total. The SMILES string of the molecule is NC(=O)C[C@H](OC(=O)C(Cc1ccccc1)Cc1ccccc1)C(=O)OCc1ccccc1. The van der Waals surface area contributed by atoms with Gasteiger partial charge in [-0.2, -0.15) is 0 Å². The maximum atomic E-state index is 13.1. The molecule has 0 radical (unpaired) electrons. The van der Waals surface area contributed by atoms with Crippen LogP contribution in [0.2, 0.25) is 0 Å². The van der Waals surface area contributed by atoms with Crippen molar-refractivity contribution < 1.29 is 23.9 Å². The second kappa shape index (κ2) is 12.2. The first kappa shape index (κ1) is 23.7. The molecule has 3 aromatic carbocycles. The molecule has 3 aromatic rings. The highest BCUT2D eigenvalue weighted by atomic mass is 16.6. The van der Waals surface area contributed by atoms with Crippen molar-refractivity contribution in [3.8, 4) is 0 Å². The van der Waals surface area contributed by atoms with Gasteiger partial charge in [-0.15, -0.1) is 0 Å². The minimum Gasteiger partial charge on any atom is -0.458 e. The topological polar surface area (TPSA) is 95.7 Å². The lowest BCUT2D eigenvalue weighted by atomic mass is 9.92. The first-order chi connectivity index (χ1) is 16.0. The highest BCUT2D eigenvalue weighted by Crippen LogP contribution is 2.18. The van der Waals surface area contributed by atoms with Gasteiger partial charge in [0.2, 0.25) is 12.0 Å². The second-order valence-electron chi connectivity index (χ2n) is 7.77. The Morgan fingerprint density at radius 2 is 1.12 bits per heavy atom. The zero-order chi connectivity index (χ0) is 23.5. The predicted octanol–water partition coefficient (Wildman–Crippen LogP) is 3.62. The number of carbonyl (C=O) groups excluding carboxylic acids is 3. The third kappa shape index (κ3) is 7.92. The molecule has 6 heteroatoms. The molecule has 1 atom stereocenters. The summed E-state index contributed by atoms with van der Waals surface area (Å²) < 4.78 is 10.8. The zero-order valence-corrected chi connectivity index (χ0v) is 18.3. The summed E-state index contributed by atoms with van der Waals surface area (Å²) in [6.45, 7) is 0.00391. The van der Waals surface area contributed by atoms with E-state index in [9.17, 15) is 14.4 Å². The molecule has 33 heavy (non-hydrogen) atoms. The summed E-state index contributed by atoms with van der Waals surface area (Å²) in [6.07, 6.45) is -0.982. The lowest BCUT2D eigenvalue weighted by molar-refractivity contribution is -0.172. The van der Waals surface area contributed by atoms with Crippen molar-refractivity contribution in [1.29, 1.82) is 0 Å². The number of ether oxygens (including phenoxy) is 2. The molecule has 1 amide bonds. The fraction of sp³-hybridized carbons (Fsp3) is 0.222. The Morgan fingerprint density at radius 3 is 1.58 bits per heavy atom. The fourth-order valence-corrected chi connectivity index (χ4v) is 3.45. The van der Waals surface area contributed by atoms with Crippen LogP contribution >= 0.6 is 0 Å². The van der Waals surface area contributed by atoms with Gasteiger partial charge in [0.15, 0.2) is 0 Å². The fourth-order valence-electron chi connectivity index (χ4n) is 3.45. The maximum absolute atomic E-state index is 13.1. The number of rotatable bonds is 11. The molecule has 0 unspecified atom stereocenters. The van der Waals surface area contributed by atoms with Gasteiger partial charge in [0.25, 0.3) is 0 Å². The summed E-state index contributed by atoms with van der Waals surface area (Å²) >= 11 is 0. The van der Waals surface area contributed by atoms with Crippen LogP contribution < -0.4 is 5.73 Å². The first-order valence-electron chi connectivity index (χ1n) is 10.8. The van der Waals surface area contributed by atoms with Gasteiger partial charge >= 0.3 is 11.9 Å². The normalized spacial score (nSPS) is 11.5. The molecule has 0 aliphatic carbocycles. The summed E-state index contributed by atoms with van der Waals surface area (Å²) in [6, 6.07) is 28.2. The largest absolute Gasteiger partial charge is 0.458 e. The smallest absolute Gasteiger partial charge is 0.348 e. The Bertz CT molecular complexity index is 996. The summed E-state index contributed by atoms with van der Waals surface area (Å²) in [4.78, 5) is 37.3. The number of hydrogen-bond donors (Lipinski definition) is 1. The maximum Gasteiger partial charge on any atom is 0.348 e. The van der Waals surface area contributed by atoms with Crippen molar-refractivity contribution in [1.82, 2.24) is 0 Å². The Balaban J connectivity index is 1.72. The molecule has 0 bridgehead atoms. The molecule has 0 fully saturated rings. The van der Waals surface area contributed by atoms with E-state index in [0.717, 1.165) is 16.7 Å². The molecule has 0 aromatic heterocycles. The summed E-state index contributed by atoms with van der Waals surface area (Å²) in [5, 5.41) is 0.